The van der Waals surface area contributed by atoms with Crippen molar-refractivity contribution in [1.29, 1.82) is 0 Å². The standard InChI is InChI=1S/C14H17ClFNO/c1-8-9-5-6-10(15)12(16)13(9)18-11(8)7-17-14(2,3)4/h5-6,17H,7H2,1-4H3. The van der Waals surface area contributed by atoms with Crippen molar-refractivity contribution in [3.63, 3.8) is 0 Å². The van der Waals surface area contributed by atoms with Crippen molar-refractivity contribution in [2.75, 3.05) is 0 Å². The van der Waals surface area contributed by atoms with Gasteiger partial charge in [-0.1, -0.05) is 11.6 Å². The molecule has 2 aromatic rings. The van der Waals surface area contributed by atoms with Crippen molar-refractivity contribution in [3.8, 4) is 0 Å². The van der Waals surface area contributed by atoms with E-state index in [1.165, 1.54) is 0 Å². The summed E-state index contributed by atoms with van der Waals surface area (Å²) in [5.41, 5.74) is 1.18. The minimum absolute atomic E-state index is 0.0123. The number of fused-ring (bicyclic) bond motifs is 1. The van der Waals surface area contributed by atoms with E-state index in [-0.39, 0.29) is 16.1 Å². The summed E-state index contributed by atoms with van der Waals surface area (Å²) in [4.78, 5) is 0. The van der Waals surface area contributed by atoms with E-state index in [1.807, 2.05) is 6.92 Å². The molecule has 0 aliphatic heterocycles. The van der Waals surface area contributed by atoms with Crippen LogP contribution < -0.4 is 5.32 Å². The normalized spacial score (nSPS) is 12.3. The molecule has 1 aromatic heterocycles. The number of aryl methyl sites for hydroxylation is 1. The molecule has 0 atom stereocenters. The lowest BCUT2D eigenvalue weighted by atomic mass is 10.1. The zero-order chi connectivity index (χ0) is 13.5. The molecule has 0 saturated heterocycles. The van der Waals surface area contributed by atoms with Gasteiger partial charge in [0.15, 0.2) is 11.4 Å². The lowest BCUT2D eigenvalue weighted by Crippen LogP contribution is -2.35. The largest absolute Gasteiger partial charge is 0.456 e. The molecule has 0 aliphatic carbocycles. The molecule has 0 aliphatic rings. The maximum absolute atomic E-state index is 13.8. The third kappa shape index (κ3) is 2.52. The van der Waals surface area contributed by atoms with Crippen molar-refractivity contribution in [1.82, 2.24) is 5.32 Å². The zero-order valence-corrected chi connectivity index (χ0v) is 11.8. The minimum atomic E-state index is -0.487. The number of furan rings is 1. The molecule has 0 radical (unpaired) electrons. The van der Waals surface area contributed by atoms with Crippen LogP contribution in [0.1, 0.15) is 32.1 Å². The van der Waals surface area contributed by atoms with Crippen LogP contribution in [-0.4, -0.2) is 5.54 Å². The Morgan fingerprint density at radius 1 is 1.33 bits per heavy atom. The topological polar surface area (TPSA) is 25.2 Å². The molecule has 1 heterocycles. The highest BCUT2D eigenvalue weighted by Gasteiger charge is 2.17. The van der Waals surface area contributed by atoms with Crippen LogP contribution >= 0.6 is 11.6 Å². The number of rotatable bonds is 2. The molecule has 0 unspecified atom stereocenters. The molecule has 18 heavy (non-hydrogen) atoms. The summed E-state index contributed by atoms with van der Waals surface area (Å²) in [7, 11) is 0. The Bertz CT molecular complexity index is 583. The summed E-state index contributed by atoms with van der Waals surface area (Å²) >= 11 is 5.75. The van der Waals surface area contributed by atoms with E-state index in [0.29, 0.717) is 6.54 Å². The van der Waals surface area contributed by atoms with Gasteiger partial charge < -0.3 is 9.73 Å². The van der Waals surface area contributed by atoms with Crippen molar-refractivity contribution in [2.24, 2.45) is 0 Å². The van der Waals surface area contributed by atoms with Gasteiger partial charge in [-0.15, -0.1) is 0 Å². The highest BCUT2D eigenvalue weighted by atomic mass is 35.5. The molecule has 0 spiro atoms. The Morgan fingerprint density at radius 3 is 2.61 bits per heavy atom. The van der Waals surface area contributed by atoms with Crippen LogP contribution in [0.3, 0.4) is 0 Å². The van der Waals surface area contributed by atoms with Crippen LogP contribution in [0.5, 0.6) is 0 Å². The number of hydrogen-bond acceptors (Lipinski definition) is 2. The fourth-order valence-electron chi connectivity index (χ4n) is 1.79. The Labute approximate surface area is 111 Å². The van der Waals surface area contributed by atoms with E-state index < -0.39 is 5.82 Å². The Kier molecular flexibility index (Phi) is 3.39. The van der Waals surface area contributed by atoms with Gasteiger partial charge in [0.2, 0.25) is 0 Å². The van der Waals surface area contributed by atoms with Gasteiger partial charge in [-0.25, -0.2) is 4.39 Å². The quantitative estimate of drug-likeness (QED) is 0.873. The van der Waals surface area contributed by atoms with Crippen LogP contribution in [0, 0.1) is 12.7 Å². The number of benzene rings is 1. The zero-order valence-electron chi connectivity index (χ0n) is 11.0. The van der Waals surface area contributed by atoms with Crippen molar-refractivity contribution in [2.45, 2.75) is 39.8 Å². The van der Waals surface area contributed by atoms with Gasteiger partial charge in [0.25, 0.3) is 0 Å². The Balaban J connectivity index is 2.41. The molecule has 0 fully saturated rings. The summed E-state index contributed by atoms with van der Waals surface area (Å²) in [6.07, 6.45) is 0. The fourth-order valence-corrected chi connectivity index (χ4v) is 1.94. The fraction of sp³-hybridized carbons (Fsp3) is 0.429. The molecular weight excluding hydrogens is 253 g/mol. The maximum atomic E-state index is 13.8. The summed E-state index contributed by atoms with van der Waals surface area (Å²) in [6.45, 7) is 8.72. The Morgan fingerprint density at radius 2 is 2.00 bits per heavy atom. The van der Waals surface area contributed by atoms with E-state index in [0.717, 1.165) is 16.7 Å². The van der Waals surface area contributed by atoms with Crippen LogP contribution in [0.25, 0.3) is 11.0 Å². The molecule has 0 amide bonds. The first-order valence-corrected chi connectivity index (χ1v) is 6.28. The van der Waals surface area contributed by atoms with Crippen LogP contribution in [0.4, 0.5) is 4.39 Å². The van der Waals surface area contributed by atoms with E-state index in [9.17, 15) is 4.39 Å². The molecule has 98 valence electrons. The molecule has 0 bridgehead atoms. The second-order valence-corrected chi connectivity index (χ2v) is 5.90. The van der Waals surface area contributed by atoms with Crippen LogP contribution in [0.2, 0.25) is 5.02 Å². The highest BCUT2D eigenvalue weighted by Crippen LogP contribution is 2.31. The molecule has 2 nitrogen and oxygen atoms in total. The lowest BCUT2D eigenvalue weighted by Gasteiger charge is -2.19. The average Bonchev–Trinajstić information content (AvgIpc) is 2.58. The first-order chi connectivity index (χ1) is 8.29. The van der Waals surface area contributed by atoms with E-state index in [2.05, 4.69) is 26.1 Å². The predicted octanol–water partition coefficient (Wildman–Crippen LogP) is 4.42. The van der Waals surface area contributed by atoms with Gasteiger partial charge in [-0.05, 0) is 45.4 Å². The van der Waals surface area contributed by atoms with Crippen molar-refractivity contribution < 1.29 is 8.81 Å². The SMILES string of the molecule is Cc1c(CNC(C)(C)C)oc2c(F)c(Cl)ccc12. The highest BCUT2D eigenvalue weighted by molar-refractivity contribution is 6.31. The number of halogens is 2. The van der Waals surface area contributed by atoms with Crippen molar-refractivity contribution >= 4 is 22.6 Å². The summed E-state index contributed by atoms with van der Waals surface area (Å²) in [5, 5.41) is 4.19. The minimum Gasteiger partial charge on any atom is -0.456 e. The van der Waals surface area contributed by atoms with Gasteiger partial charge in [-0.2, -0.15) is 0 Å². The third-order valence-corrected chi connectivity index (χ3v) is 3.17. The third-order valence-electron chi connectivity index (χ3n) is 2.88. The van der Waals surface area contributed by atoms with Gasteiger partial charge in [0, 0.05) is 10.9 Å². The first kappa shape index (κ1) is 13.4. The smallest absolute Gasteiger partial charge is 0.184 e. The van der Waals surface area contributed by atoms with Crippen molar-refractivity contribution in [3.05, 3.63) is 34.3 Å². The van der Waals surface area contributed by atoms with Gasteiger partial charge in [-0.3, -0.25) is 0 Å². The summed E-state index contributed by atoms with van der Waals surface area (Å²) in [6, 6.07) is 3.35. The van der Waals surface area contributed by atoms with Crippen LogP contribution in [-0.2, 0) is 6.54 Å². The molecular formula is C14H17ClFNO. The van der Waals surface area contributed by atoms with E-state index in [1.54, 1.807) is 12.1 Å². The summed E-state index contributed by atoms with van der Waals surface area (Å²) in [5.74, 6) is 0.264. The molecule has 1 N–H and O–H groups in total. The second-order valence-electron chi connectivity index (χ2n) is 5.49. The van der Waals surface area contributed by atoms with Gasteiger partial charge >= 0.3 is 0 Å². The number of nitrogens with one attached hydrogen (secondary N) is 1. The van der Waals surface area contributed by atoms with E-state index in [4.69, 9.17) is 16.0 Å². The monoisotopic (exact) mass is 269 g/mol. The van der Waals surface area contributed by atoms with Crippen LogP contribution in [0.15, 0.2) is 16.5 Å². The number of hydrogen-bond donors (Lipinski definition) is 1. The Hall–Kier alpha value is -1.06. The molecule has 2 rings (SSSR count). The molecule has 4 heteroatoms. The first-order valence-electron chi connectivity index (χ1n) is 5.90. The average molecular weight is 270 g/mol. The van der Waals surface area contributed by atoms with Gasteiger partial charge in [0.1, 0.15) is 5.76 Å². The van der Waals surface area contributed by atoms with E-state index >= 15 is 0 Å². The predicted molar refractivity (Wildman–Crippen MR) is 72.5 cm³/mol. The molecule has 1 aromatic carbocycles. The lowest BCUT2D eigenvalue weighted by molar-refractivity contribution is 0.392. The summed E-state index contributed by atoms with van der Waals surface area (Å²) < 4.78 is 19.4. The molecule has 0 saturated carbocycles. The second kappa shape index (κ2) is 4.56. The maximum Gasteiger partial charge on any atom is 0.184 e. The van der Waals surface area contributed by atoms with Gasteiger partial charge in [0.05, 0.1) is 11.6 Å².